The van der Waals surface area contributed by atoms with Crippen molar-refractivity contribution in [3.05, 3.63) is 59.4 Å². The number of hydrogen-bond donors (Lipinski definition) is 1. The van der Waals surface area contributed by atoms with E-state index in [1.807, 2.05) is 25.2 Å². The van der Waals surface area contributed by atoms with Crippen LogP contribution in [0.4, 0.5) is 10.1 Å². The van der Waals surface area contributed by atoms with Crippen molar-refractivity contribution in [3.8, 4) is 5.75 Å². The van der Waals surface area contributed by atoms with E-state index in [-0.39, 0.29) is 24.0 Å². The first-order valence-corrected chi connectivity index (χ1v) is 11.0. The zero-order valence-corrected chi connectivity index (χ0v) is 18.8. The second-order valence-corrected chi connectivity index (χ2v) is 9.17. The van der Waals surface area contributed by atoms with Crippen molar-refractivity contribution in [3.63, 3.8) is 0 Å². The molecule has 0 aromatic heterocycles. The van der Waals surface area contributed by atoms with Crippen LogP contribution in [0.5, 0.6) is 5.75 Å². The number of hydrogen-bond acceptors (Lipinski definition) is 4. The van der Waals surface area contributed by atoms with Crippen molar-refractivity contribution < 1.29 is 19.1 Å². The number of phenolic OH excluding ortho intramolecular Hbond substituents is 1. The largest absolute Gasteiger partial charge is 0.508 e. The number of aromatic hydroxyl groups is 1. The van der Waals surface area contributed by atoms with Crippen LogP contribution in [0.25, 0.3) is 0 Å². The summed E-state index contributed by atoms with van der Waals surface area (Å²) in [7, 11) is 5.23. The van der Waals surface area contributed by atoms with E-state index in [4.69, 9.17) is 0 Å². The summed E-state index contributed by atoms with van der Waals surface area (Å²) in [6, 6.07) is 11.9. The number of carbonyl (C=O) groups is 2. The lowest BCUT2D eigenvalue weighted by Gasteiger charge is -2.39. The lowest BCUT2D eigenvalue weighted by atomic mass is 9.73. The predicted molar refractivity (Wildman–Crippen MR) is 121 cm³/mol. The molecule has 4 rings (SSSR count). The van der Waals surface area contributed by atoms with Gasteiger partial charge in [0.15, 0.2) is 0 Å². The Labute approximate surface area is 188 Å². The fourth-order valence-corrected chi connectivity index (χ4v) is 5.21. The first-order valence-electron chi connectivity index (χ1n) is 11.0. The summed E-state index contributed by atoms with van der Waals surface area (Å²) in [5.74, 6) is -0.811. The van der Waals surface area contributed by atoms with Crippen LogP contribution in [0.15, 0.2) is 42.5 Å². The third-order valence-corrected chi connectivity index (χ3v) is 6.97. The number of phenols is 1. The maximum Gasteiger partial charge on any atom is 0.237 e. The van der Waals surface area contributed by atoms with Gasteiger partial charge >= 0.3 is 0 Å². The summed E-state index contributed by atoms with van der Waals surface area (Å²) in [5.41, 5.74) is 1.90. The molecule has 1 spiro atoms. The van der Waals surface area contributed by atoms with Gasteiger partial charge in [0.1, 0.15) is 11.6 Å². The van der Waals surface area contributed by atoms with Crippen LogP contribution in [0.1, 0.15) is 24.0 Å². The molecule has 2 aliphatic rings. The van der Waals surface area contributed by atoms with Crippen molar-refractivity contribution in [2.24, 2.45) is 5.92 Å². The van der Waals surface area contributed by atoms with Crippen LogP contribution < -0.4 is 4.90 Å². The highest BCUT2D eigenvalue weighted by Gasteiger charge is 2.50. The molecule has 1 unspecified atom stereocenters. The van der Waals surface area contributed by atoms with E-state index in [1.165, 1.54) is 23.1 Å². The van der Waals surface area contributed by atoms with E-state index in [1.54, 1.807) is 19.0 Å². The van der Waals surface area contributed by atoms with Gasteiger partial charge in [-0.2, -0.15) is 0 Å². The maximum atomic E-state index is 14.3. The molecule has 0 aliphatic carbocycles. The molecule has 7 heteroatoms. The quantitative estimate of drug-likeness (QED) is 0.778. The Hall–Kier alpha value is -2.93. The number of piperidine rings is 1. The minimum atomic E-state index is -0.500. The van der Waals surface area contributed by atoms with Crippen LogP contribution >= 0.6 is 0 Å². The SMILES string of the molecule is CN(C)C(=O)C(Cc1cc(O)ccc1F)CN1CCC2(CC1)C(=O)N(C)c1ccccc12. The average Bonchev–Trinajstić information content (AvgIpc) is 2.99. The topological polar surface area (TPSA) is 64.1 Å². The fourth-order valence-electron chi connectivity index (χ4n) is 5.21. The van der Waals surface area contributed by atoms with Gasteiger partial charge in [-0.1, -0.05) is 18.2 Å². The van der Waals surface area contributed by atoms with Gasteiger partial charge in [-0.25, -0.2) is 4.39 Å². The van der Waals surface area contributed by atoms with Crippen molar-refractivity contribution in [2.45, 2.75) is 24.7 Å². The van der Waals surface area contributed by atoms with E-state index in [0.717, 1.165) is 11.3 Å². The summed E-state index contributed by atoms with van der Waals surface area (Å²) in [5, 5.41) is 9.76. The van der Waals surface area contributed by atoms with Crippen LogP contribution in [0.3, 0.4) is 0 Å². The predicted octanol–water partition coefficient (Wildman–Crippen LogP) is 2.79. The molecule has 0 bridgehead atoms. The Morgan fingerprint density at radius 2 is 1.88 bits per heavy atom. The molecule has 1 saturated heterocycles. The zero-order valence-electron chi connectivity index (χ0n) is 18.8. The monoisotopic (exact) mass is 439 g/mol. The molecule has 1 atom stereocenters. The van der Waals surface area contributed by atoms with Gasteiger partial charge in [0.25, 0.3) is 0 Å². The van der Waals surface area contributed by atoms with Gasteiger partial charge in [0, 0.05) is 33.4 Å². The van der Waals surface area contributed by atoms with Gasteiger partial charge in [-0.05, 0) is 67.7 Å². The number of benzene rings is 2. The number of anilines is 1. The van der Waals surface area contributed by atoms with Gasteiger partial charge in [-0.3, -0.25) is 9.59 Å². The molecule has 2 aromatic rings. The van der Waals surface area contributed by atoms with Gasteiger partial charge in [-0.15, -0.1) is 0 Å². The van der Waals surface area contributed by atoms with Crippen molar-refractivity contribution in [1.82, 2.24) is 9.80 Å². The third kappa shape index (κ3) is 3.86. The molecule has 6 nitrogen and oxygen atoms in total. The number of amides is 2. The van der Waals surface area contributed by atoms with Gasteiger partial charge < -0.3 is 19.8 Å². The number of fused-ring (bicyclic) bond motifs is 2. The third-order valence-electron chi connectivity index (χ3n) is 6.97. The fraction of sp³-hybridized carbons (Fsp3) is 0.440. The molecular formula is C25H30FN3O3. The summed E-state index contributed by atoms with van der Waals surface area (Å²) in [4.78, 5) is 31.5. The number of halogens is 1. The molecule has 2 aliphatic heterocycles. The lowest BCUT2D eigenvalue weighted by molar-refractivity contribution is -0.134. The summed E-state index contributed by atoms with van der Waals surface area (Å²) in [6.07, 6.45) is 1.59. The molecule has 2 amide bonds. The molecular weight excluding hydrogens is 409 g/mol. The van der Waals surface area contributed by atoms with E-state index >= 15 is 0 Å². The van der Waals surface area contributed by atoms with E-state index < -0.39 is 17.2 Å². The van der Waals surface area contributed by atoms with Crippen molar-refractivity contribution in [2.75, 3.05) is 45.7 Å². The van der Waals surface area contributed by atoms with E-state index in [2.05, 4.69) is 11.0 Å². The maximum absolute atomic E-state index is 14.3. The van der Waals surface area contributed by atoms with Crippen molar-refractivity contribution in [1.29, 1.82) is 0 Å². The Morgan fingerprint density at radius 3 is 2.56 bits per heavy atom. The molecule has 0 saturated carbocycles. The molecule has 0 radical (unpaired) electrons. The van der Waals surface area contributed by atoms with Crippen LogP contribution in [0, 0.1) is 11.7 Å². The average molecular weight is 440 g/mol. The molecule has 2 heterocycles. The molecule has 1 N–H and O–H groups in total. The molecule has 1 fully saturated rings. The number of para-hydroxylation sites is 1. The van der Waals surface area contributed by atoms with Gasteiger partial charge in [0.2, 0.25) is 11.8 Å². The summed E-state index contributed by atoms with van der Waals surface area (Å²) in [6.45, 7) is 1.86. The standard InChI is InChI=1S/C25H30FN3O3/c1-27(2)23(31)18(14-17-15-19(30)8-9-21(17)26)16-29-12-10-25(11-13-29)20-6-4-5-7-22(20)28(3)24(25)32/h4-9,15,18,30H,10-14,16H2,1-3H3. The minimum absolute atomic E-state index is 0.0140. The van der Waals surface area contributed by atoms with Crippen LogP contribution in [-0.4, -0.2) is 67.5 Å². The first kappa shape index (κ1) is 22.3. The van der Waals surface area contributed by atoms with E-state index in [0.29, 0.717) is 38.0 Å². The van der Waals surface area contributed by atoms with Gasteiger partial charge in [0.05, 0.1) is 11.3 Å². The smallest absolute Gasteiger partial charge is 0.237 e. The van der Waals surface area contributed by atoms with Crippen LogP contribution in [0.2, 0.25) is 0 Å². The lowest BCUT2D eigenvalue weighted by Crippen LogP contribution is -2.50. The highest BCUT2D eigenvalue weighted by atomic mass is 19.1. The Bertz CT molecular complexity index is 1030. The molecule has 2 aromatic carbocycles. The van der Waals surface area contributed by atoms with Crippen molar-refractivity contribution >= 4 is 17.5 Å². The van der Waals surface area contributed by atoms with Crippen LogP contribution in [-0.2, 0) is 21.4 Å². The Morgan fingerprint density at radius 1 is 1.19 bits per heavy atom. The zero-order chi connectivity index (χ0) is 23.0. The number of rotatable bonds is 5. The second-order valence-electron chi connectivity index (χ2n) is 9.17. The minimum Gasteiger partial charge on any atom is -0.508 e. The normalized spacial score (nSPS) is 18.6. The number of nitrogens with zero attached hydrogens (tertiary/aromatic N) is 3. The second kappa shape index (κ2) is 8.54. The number of likely N-dealkylation sites (tertiary alicyclic amines) is 1. The Kier molecular flexibility index (Phi) is 5.95. The molecule has 170 valence electrons. The Balaban J connectivity index is 1.50. The highest BCUT2D eigenvalue weighted by Crippen LogP contribution is 2.47. The first-order chi connectivity index (χ1) is 15.2. The molecule has 32 heavy (non-hydrogen) atoms. The summed E-state index contributed by atoms with van der Waals surface area (Å²) >= 11 is 0. The number of carbonyl (C=O) groups excluding carboxylic acids is 2. The highest BCUT2D eigenvalue weighted by molar-refractivity contribution is 6.07. The number of likely N-dealkylation sites (N-methyl/N-ethyl adjacent to an activating group) is 1. The summed E-state index contributed by atoms with van der Waals surface area (Å²) < 4.78 is 14.3. The van der Waals surface area contributed by atoms with E-state index in [9.17, 15) is 19.1 Å².